The van der Waals surface area contributed by atoms with Crippen molar-refractivity contribution < 1.29 is 14.0 Å². The van der Waals surface area contributed by atoms with Crippen LogP contribution in [0.1, 0.15) is 71.1 Å². The molecule has 3 saturated heterocycles. The van der Waals surface area contributed by atoms with E-state index < -0.39 is 12.1 Å². The molecule has 3 heterocycles. The maximum Gasteiger partial charge on any atom is 0.237 e. The first-order valence-corrected chi connectivity index (χ1v) is 13.2. The highest BCUT2D eigenvalue weighted by Crippen LogP contribution is 2.34. The van der Waals surface area contributed by atoms with Crippen LogP contribution >= 0.6 is 0 Å². The molecule has 182 valence electrons. The van der Waals surface area contributed by atoms with E-state index in [4.69, 9.17) is 0 Å². The second-order valence-electron chi connectivity index (χ2n) is 10.8. The molecule has 32 heavy (non-hydrogen) atoms. The molecule has 0 bridgehead atoms. The minimum Gasteiger partial charge on any atom is -0.355 e. The van der Waals surface area contributed by atoms with Crippen molar-refractivity contribution in [1.29, 1.82) is 0 Å². The molecule has 3 N–H and O–H groups in total. The van der Waals surface area contributed by atoms with Gasteiger partial charge in [0.05, 0.1) is 12.0 Å². The number of fused-ring (bicyclic) bond motifs is 1. The van der Waals surface area contributed by atoms with Gasteiger partial charge >= 0.3 is 0 Å². The lowest BCUT2D eigenvalue weighted by atomic mass is 9.79. The van der Waals surface area contributed by atoms with Crippen molar-refractivity contribution in [3.05, 3.63) is 0 Å². The topological polar surface area (TPSA) is 73.5 Å². The van der Waals surface area contributed by atoms with Gasteiger partial charge in [0.2, 0.25) is 11.8 Å². The zero-order valence-electron chi connectivity index (χ0n) is 19.8. The van der Waals surface area contributed by atoms with E-state index >= 15 is 0 Å². The van der Waals surface area contributed by atoms with Gasteiger partial charge in [0, 0.05) is 25.7 Å². The molecule has 0 aromatic heterocycles. The number of nitrogens with one attached hydrogen (secondary N) is 3. The van der Waals surface area contributed by atoms with Crippen LogP contribution in [0.5, 0.6) is 0 Å². The highest BCUT2D eigenvalue weighted by Gasteiger charge is 2.39. The first-order valence-electron chi connectivity index (χ1n) is 13.2. The highest BCUT2D eigenvalue weighted by molar-refractivity contribution is 5.82. The van der Waals surface area contributed by atoms with E-state index in [9.17, 15) is 14.0 Å². The van der Waals surface area contributed by atoms with Crippen molar-refractivity contribution in [2.45, 2.75) is 89.4 Å². The van der Waals surface area contributed by atoms with E-state index in [1.54, 1.807) is 0 Å². The molecule has 6 atom stereocenters. The van der Waals surface area contributed by atoms with Crippen molar-refractivity contribution in [1.82, 2.24) is 20.9 Å². The van der Waals surface area contributed by atoms with Gasteiger partial charge in [-0.15, -0.1) is 0 Å². The van der Waals surface area contributed by atoms with Crippen LogP contribution < -0.4 is 16.0 Å². The first-order chi connectivity index (χ1) is 15.5. The van der Waals surface area contributed by atoms with E-state index in [0.29, 0.717) is 24.3 Å². The maximum absolute atomic E-state index is 14.5. The summed E-state index contributed by atoms with van der Waals surface area (Å²) in [6.45, 7) is 6.32. The smallest absolute Gasteiger partial charge is 0.237 e. The summed E-state index contributed by atoms with van der Waals surface area (Å²) in [6.07, 6.45) is 9.02. The summed E-state index contributed by atoms with van der Waals surface area (Å²) in [4.78, 5) is 27.2. The van der Waals surface area contributed by atoms with Crippen LogP contribution in [0.15, 0.2) is 0 Å². The number of likely N-dealkylation sites (tertiary alicyclic amines) is 1. The standard InChI is InChI=1S/C25H43FN4O2/c1-17-5-4-7-20(23(17)26)25(32)30-13-9-18(10-14-30)6-2-3-11-28-24(31)22-15-19-16-27-12-8-21(19)29-22/h17-23,27,29H,2-16H2,1H3,(H,28,31). The minimum absolute atomic E-state index is 0.0151. The molecule has 2 amide bonds. The second-order valence-corrected chi connectivity index (χ2v) is 10.8. The van der Waals surface area contributed by atoms with Gasteiger partial charge in [-0.2, -0.15) is 0 Å². The van der Waals surface area contributed by atoms with Gasteiger partial charge in [0.1, 0.15) is 6.17 Å². The zero-order valence-corrected chi connectivity index (χ0v) is 19.8. The molecule has 1 aliphatic carbocycles. The third kappa shape index (κ3) is 5.82. The normalized spacial score (nSPS) is 36.0. The fraction of sp³-hybridized carbons (Fsp3) is 0.920. The number of carbonyl (C=O) groups is 2. The predicted molar refractivity (Wildman–Crippen MR) is 124 cm³/mol. The Kier molecular flexibility index (Phi) is 8.43. The van der Waals surface area contributed by atoms with Crippen LogP contribution in [-0.2, 0) is 9.59 Å². The molecule has 3 aliphatic heterocycles. The molecule has 4 fully saturated rings. The van der Waals surface area contributed by atoms with Gasteiger partial charge in [-0.3, -0.25) is 9.59 Å². The molecule has 6 nitrogen and oxygen atoms in total. The van der Waals surface area contributed by atoms with E-state index in [1.165, 1.54) is 0 Å². The lowest BCUT2D eigenvalue weighted by Crippen LogP contribution is -2.46. The number of halogens is 1. The number of piperidine rings is 2. The molecule has 0 radical (unpaired) electrons. The summed E-state index contributed by atoms with van der Waals surface area (Å²) < 4.78 is 14.5. The van der Waals surface area contributed by atoms with Gasteiger partial charge < -0.3 is 20.9 Å². The van der Waals surface area contributed by atoms with E-state index in [2.05, 4.69) is 16.0 Å². The Morgan fingerprint density at radius 3 is 2.69 bits per heavy atom. The van der Waals surface area contributed by atoms with Crippen LogP contribution in [0.2, 0.25) is 0 Å². The molecule has 4 aliphatic rings. The number of unbranched alkanes of at least 4 members (excludes halogenated alkanes) is 1. The molecular weight excluding hydrogens is 407 g/mol. The molecule has 4 rings (SSSR count). The number of amides is 2. The number of hydrogen-bond acceptors (Lipinski definition) is 4. The molecule has 0 spiro atoms. The van der Waals surface area contributed by atoms with Crippen LogP contribution in [0, 0.1) is 23.7 Å². The molecular formula is C25H43FN4O2. The van der Waals surface area contributed by atoms with Crippen molar-refractivity contribution >= 4 is 11.8 Å². The quantitative estimate of drug-likeness (QED) is 0.522. The van der Waals surface area contributed by atoms with Gasteiger partial charge in [0.25, 0.3) is 0 Å². The third-order valence-corrected chi connectivity index (χ3v) is 8.56. The van der Waals surface area contributed by atoms with Crippen molar-refractivity contribution in [3.8, 4) is 0 Å². The average Bonchev–Trinajstić information content (AvgIpc) is 3.25. The van der Waals surface area contributed by atoms with Gasteiger partial charge in [-0.25, -0.2) is 4.39 Å². The van der Waals surface area contributed by atoms with Crippen molar-refractivity contribution in [2.24, 2.45) is 23.7 Å². The van der Waals surface area contributed by atoms with Gasteiger partial charge in [-0.05, 0) is 75.8 Å². The van der Waals surface area contributed by atoms with E-state index in [0.717, 1.165) is 90.5 Å². The lowest BCUT2D eigenvalue weighted by molar-refractivity contribution is -0.141. The van der Waals surface area contributed by atoms with Gasteiger partial charge in [0.15, 0.2) is 0 Å². The van der Waals surface area contributed by atoms with Crippen molar-refractivity contribution in [3.63, 3.8) is 0 Å². The molecule has 7 heteroatoms. The average molecular weight is 451 g/mol. The monoisotopic (exact) mass is 450 g/mol. The predicted octanol–water partition coefficient (Wildman–Crippen LogP) is 2.63. The summed E-state index contributed by atoms with van der Waals surface area (Å²) in [5.74, 6) is 1.06. The second kappa shape index (κ2) is 11.3. The Balaban J connectivity index is 1.07. The highest BCUT2D eigenvalue weighted by atomic mass is 19.1. The number of carbonyl (C=O) groups excluding carboxylic acids is 2. The molecule has 1 saturated carbocycles. The lowest BCUT2D eigenvalue weighted by Gasteiger charge is -2.37. The Hall–Kier alpha value is -1.21. The SMILES string of the molecule is CC1CCCC(C(=O)N2CCC(CCCCNC(=O)C3CC4CNCCC4N3)CC2)C1F. The first kappa shape index (κ1) is 23.9. The number of hydrogen-bond donors (Lipinski definition) is 3. The van der Waals surface area contributed by atoms with Gasteiger partial charge in [-0.1, -0.05) is 26.2 Å². The summed E-state index contributed by atoms with van der Waals surface area (Å²) in [5, 5.41) is 10.1. The largest absolute Gasteiger partial charge is 0.355 e. The number of alkyl halides is 1. The fourth-order valence-electron chi connectivity index (χ4n) is 6.41. The summed E-state index contributed by atoms with van der Waals surface area (Å²) in [5.41, 5.74) is 0. The van der Waals surface area contributed by atoms with Crippen LogP contribution in [-0.4, -0.2) is 67.7 Å². The Morgan fingerprint density at radius 1 is 1.09 bits per heavy atom. The Labute approximate surface area is 192 Å². The Bertz CT molecular complexity index is 625. The minimum atomic E-state index is -0.968. The Morgan fingerprint density at radius 2 is 1.91 bits per heavy atom. The fourth-order valence-corrected chi connectivity index (χ4v) is 6.41. The van der Waals surface area contributed by atoms with Crippen LogP contribution in [0.4, 0.5) is 4.39 Å². The number of rotatable bonds is 7. The molecule has 0 aromatic rings. The zero-order chi connectivity index (χ0) is 22.5. The van der Waals surface area contributed by atoms with Crippen molar-refractivity contribution in [2.75, 3.05) is 32.7 Å². The third-order valence-electron chi connectivity index (χ3n) is 8.56. The van der Waals surface area contributed by atoms with E-state index in [1.807, 2.05) is 11.8 Å². The molecule has 0 aromatic carbocycles. The summed E-state index contributed by atoms with van der Waals surface area (Å²) in [6, 6.07) is 0.477. The van der Waals surface area contributed by atoms with Crippen LogP contribution in [0.25, 0.3) is 0 Å². The van der Waals surface area contributed by atoms with Crippen LogP contribution in [0.3, 0.4) is 0 Å². The molecule has 6 unspecified atom stereocenters. The van der Waals surface area contributed by atoms with E-state index in [-0.39, 0.29) is 23.8 Å². The number of nitrogens with zero attached hydrogens (tertiary/aromatic N) is 1. The summed E-state index contributed by atoms with van der Waals surface area (Å²) in [7, 11) is 0. The maximum atomic E-state index is 14.5. The summed E-state index contributed by atoms with van der Waals surface area (Å²) >= 11 is 0.